The molecule has 74 valence electrons. The summed E-state index contributed by atoms with van der Waals surface area (Å²) < 4.78 is 0. The molecule has 2 saturated carbocycles. The van der Waals surface area contributed by atoms with E-state index in [-0.39, 0.29) is 23.8 Å². The Kier molecular flexibility index (Phi) is 2.06. The van der Waals surface area contributed by atoms with Gasteiger partial charge in [0.15, 0.2) is 0 Å². The fourth-order valence-corrected chi connectivity index (χ4v) is 2.70. The zero-order valence-electron chi connectivity index (χ0n) is 8.23. The molecule has 0 aromatic carbocycles. The fourth-order valence-electron chi connectivity index (χ4n) is 2.70. The summed E-state index contributed by atoms with van der Waals surface area (Å²) in [5, 5.41) is 9.65. The van der Waals surface area contributed by atoms with Crippen molar-refractivity contribution >= 4 is 5.91 Å². The molecule has 0 aromatic rings. The lowest BCUT2D eigenvalue weighted by molar-refractivity contribution is -0.130. The summed E-state index contributed by atoms with van der Waals surface area (Å²) in [4.78, 5) is 13.3. The monoisotopic (exact) mass is 183 g/mol. The minimum atomic E-state index is -0.215. The van der Waals surface area contributed by atoms with E-state index in [9.17, 15) is 9.90 Å². The van der Waals surface area contributed by atoms with Gasteiger partial charge in [-0.25, -0.2) is 0 Å². The highest BCUT2D eigenvalue weighted by molar-refractivity contribution is 5.82. The number of amides is 1. The molecule has 2 aliphatic rings. The van der Waals surface area contributed by atoms with E-state index in [0.717, 1.165) is 19.3 Å². The summed E-state index contributed by atoms with van der Waals surface area (Å²) >= 11 is 0. The van der Waals surface area contributed by atoms with Crippen LogP contribution in [0, 0.1) is 17.8 Å². The summed E-state index contributed by atoms with van der Waals surface area (Å²) in [5.74, 6) is 1.10. The lowest BCUT2D eigenvalue weighted by Crippen LogP contribution is -2.25. The molecule has 0 radical (unpaired) electrons. The Morgan fingerprint density at radius 1 is 1.38 bits per heavy atom. The summed E-state index contributed by atoms with van der Waals surface area (Å²) in [5.41, 5.74) is 0. The van der Waals surface area contributed by atoms with Crippen LogP contribution >= 0.6 is 0 Å². The molecule has 3 heteroatoms. The molecule has 4 atom stereocenters. The van der Waals surface area contributed by atoms with Crippen LogP contribution in [0.25, 0.3) is 0 Å². The van der Waals surface area contributed by atoms with Crippen molar-refractivity contribution < 1.29 is 9.90 Å². The van der Waals surface area contributed by atoms with Crippen molar-refractivity contribution in [3.63, 3.8) is 0 Å². The van der Waals surface area contributed by atoms with Gasteiger partial charge in [0.25, 0.3) is 0 Å². The number of fused-ring (bicyclic) bond motifs is 1. The van der Waals surface area contributed by atoms with Crippen LogP contribution in [0.2, 0.25) is 0 Å². The van der Waals surface area contributed by atoms with Crippen molar-refractivity contribution in [2.45, 2.75) is 25.4 Å². The van der Waals surface area contributed by atoms with E-state index in [1.807, 2.05) is 0 Å². The van der Waals surface area contributed by atoms with Gasteiger partial charge in [-0.15, -0.1) is 0 Å². The summed E-state index contributed by atoms with van der Waals surface area (Å²) in [7, 11) is 3.58. The van der Waals surface area contributed by atoms with Crippen LogP contribution in [0.3, 0.4) is 0 Å². The number of carbonyl (C=O) groups is 1. The van der Waals surface area contributed by atoms with Gasteiger partial charge in [-0.1, -0.05) is 6.42 Å². The minimum Gasteiger partial charge on any atom is -0.393 e. The molecule has 0 spiro atoms. The first-order chi connectivity index (χ1) is 6.13. The lowest BCUT2D eigenvalue weighted by atomic mass is 9.98. The fraction of sp³-hybridized carbons (Fsp3) is 0.900. The van der Waals surface area contributed by atoms with E-state index in [1.54, 1.807) is 19.0 Å². The molecular weight excluding hydrogens is 166 g/mol. The van der Waals surface area contributed by atoms with Crippen LogP contribution in [-0.4, -0.2) is 36.1 Å². The minimum absolute atomic E-state index is 0.132. The third-order valence-corrected chi connectivity index (χ3v) is 3.44. The van der Waals surface area contributed by atoms with Crippen molar-refractivity contribution in [1.29, 1.82) is 0 Å². The third-order valence-electron chi connectivity index (χ3n) is 3.44. The predicted molar refractivity (Wildman–Crippen MR) is 49.0 cm³/mol. The lowest BCUT2D eigenvalue weighted by Gasteiger charge is -2.14. The largest absolute Gasteiger partial charge is 0.393 e. The number of carbonyl (C=O) groups excluding carboxylic acids is 1. The Balaban J connectivity index is 2.01. The van der Waals surface area contributed by atoms with Gasteiger partial charge in [-0.05, 0) is 18.8 Å². The van der Waals surface area contributed by atoms with Gasteiger partial charge in [0, 0.05) is 25.9 Å². The first-order valence-electron chi connectivity index (χ1n) is 5.02. The maximum Gasteiger partial charge on any atom is 0.225 e. The number of hydrogen-bond acceptors (Lipinski definition) is 2. The molecule has 0 aromatic heterocycles. The van der Waals surface area contributed by atoms with Crippen LogP contribution in [0.15, 0.2) is 0 Å². The summed E-state index contributed by atoms with van der Waals surface area (Å²) in [6.45, 7) is 0. The van der Waals surface area contributed by atoms with E-state index in [2.05, 4.69) is 0 Å². The highest BCUT2D eigenvalue weighted by Crippen LogP contribution is 2.55. The molecule has 0 aliphatic heterocycles. The molecule has 1 N–H and O–H groups in total. The van der Waals surface area contributed by atoms with Gasteiger partial charge in [0.2, 0.25) is 5.91 Å². The molecular formula is C10H17NO2. The van der Waals surface area contributed by atoms with Gasteiger partial charge < -0.3 is 10.0 Å². The van der Waals surface area contributed by atoms with Crippen LogP contribution in [-0.2, 0) is 4.79 Å². The number of hydrogen-bond donors (Lipinski definition) is 1. The van der Waals surface area contributed by atoms with Crippen LogP contribution in [0.1, 0.15) is 19.3 Å². The molecule has 0 bridgehead atoms. The second-order valence-corrected chi connectivity index (χ2v) is 4.50. The Morgan fingerprint density at radius 2 is 2.08 bits per heavy atom. The Hall–Kier alpha value is -0.570. The Bertz CT molecular complexity index is 227. The van der Waals surface area contributed by atoms with Crippen LogP contribution < -0.4 is 0 Å². The summed E-state index contributed by atoms with van der Waals surface area (Å²) in [6, 6.07) is 0. The van der Waals surface area contributed by atoms with E-state index in [0.29, 0.717) is 5.92 Å². The quantitative estimate of drug-likeness (QED) is 0.642. The molecule has 0 unspecified atom stereocenters. The molecule has 13 heavy (non-hydrogen) atoms. The van der Waals surface area contributed by atoms with Crippen molar-refractivity contribution in [1.82, 2.24) is 4.90 Å². The van der Waals surface area contributed by atoms with Gasteiger partial charge in [-0.2, -0.15) is 0 Å². The molecule has 2 rings (SSSR count). The first kappa shape index (κ1) is 9.00. The predicted octanol–water partition coefficient (Wildman–Crippen LogP) is 0.482. The molecule has 2 aliphatic carbocycles. The number of aliphatic hydroxyl groups is 1. The molecule has 1 amide bonds. The maximum absolute atomic E-state index is 11.6. The first-order valence-corrected chi connectivity index (χ1v) is 5.02. The highest BCUT2D eigenvalue weighted by Gasteiger charge is 2.59. The standard InChI is InChI=1S/C10H17NO2/c1-11(2)10(13)9-6-4-3-5-7(12)8(6)9/h6-9,12H,3-5H2,1-2H3/t6-,7+,8-,9-/m0/s1. The second-order valence-electron chi connectivity index (χ2n) is 4.50. The van der Waals surface area contributed by atoms with Crippen molar-refractivity contribution in [3.8, 4) is 0 Å². The van der Waals surface area contributed by atoms with Gasteiger partial charge in [0.1, 0.15) is 0 Å². The molecule has 0 saturated heterocycles. The number of aliphatic hydroxyl groups excluding tert-OH is 1. The van der Waals surface area contributed by atoms with E-state index in [4.69, 9.17) is 0 Å². The molecule has 3 nitrogen and oxygen atoms in total. The molecule has 2 fully saturated rings. The average Bonchev–Trinajstić information content (AvgIpc) is 2.78. The zero-order valence-corrected chi connectivity index (χ0v) is 8.23. The van der Waals surface area contributed by atoms with Crippen molar-refractivity contribution in [3.05, 3.63) is 0 Å². The molecule has 0 heterocycles. The average molecular weight is 183 g/mol. The topological polar surface area (TPSA) is 40.5 Å². The smallest absolute Gasteiger partial charge is 0.225 e. The van der Waals surface area contributed by atoms with Gasteiger partial charge in [-0.3, -0.25) is 4.79 Å². The van der Waals surface area contributed by atoms with E-state index >= 15 is 0 Å². The van der Waals surface area contributed by atoms with Crippen LogP contribution in [0.4, 0.5) is 0 Å². The number of rotatable bonds is 1. The maximum atomic E-state index is 11.6. The van der Waals surface area contributed by atoms with Gasteiger partial charge >= 0.3 is 0 Å². The third kappa shape index (κ3) is 1.35. The SMILES string of the molecule is CN(C)C(=O)[C@H]1[C@H]2CCC[C@@H](O)[C@H]21. The second kappa shape index (κ2) is 2.98. The van der Waals surface area contributed by atoms with Gasteiger partial charge in [0.05, 0.1) is 6.10 Å². The Labute approximate surface area is 78.7 Å². The highest BCUT2D eigenvalue weighted by atomic mass is 16.3. The normalized spacial score (nSPS) is 42.4. The van der Waals surface area contributed by atoms with Crippen molar-refractivity contribution in [2.24, 2.45) is 17.8 Å². The van der Waals surface area contributed by atoms with E-state index in [1.165, 1.54) is 0 Å². The Morgan fingerprint density at radius 3 is 2.62 bits per heavy atom. The summed E-state index contributed by atoms with van der Waals surface area (Å²) in [6.07, 6.45) is 2.89. The zero-order chi connectivity index (χ0) is 9.59. The van der Waals surface area contributed by atoms with Crippen LogP contribution in [0.5, 0.6) is 0 Å². The number of nitrogens with zero attached hydrogens (tertiary/aromatic N) is 1. The van der Waals surface area contributed by atoms with Crippen molar-refractivity contribution in [2.75, 3.05) is 14.1 Å². The van der Waals surface area contributed by atoms with E-state index < -0.39 is 0 Å².